The number of halogens is 2. The molecule has 0 aliphatic rings. The number of aromatic nitrogens is 3. The smallest absolute Gasteiger partial charge is 0.177 e. The van der Waals surface area contributed by atoms with Crippen LogP contribution in [0.25, 0.3) is 22.2 Å². The van der Waals surface area contributed by atoms with E-state index < -0.39 is 11.6 Å². The fourth-order valence-electron chi connectivity index (χ4n) is 2.54. The van der Waals surface area contributed by atoms with Gasteiger partial charge in [-0.1, -0.05) is 34.1 Å². The van der Waals surface area contributed by atoms with Crippen molar-refractivity contribution in [2.24, 2.45) is 0 Å². The highest BCUT2D eigenvalue weighted by Crippen LogP contribution is 2.38. The Morgan fingerprint density at radius 1 is 0.967 bits per heavy atom. The Morgan fingerprint density at radius 2 is 1.50 bits per heavy atom. The summed E-state index contributed by atoms with van der Waals surface area (Å²) in [5, 5.41) is 3.49. The zero-order valence-corrected chi connectivity index (χ0v) is 18.9. The van der Waals surface area contributed by atoms with Crippen LogP contribution in [0.3, 0.4) is 0 Å². The van der Waals surface area contributed by atoms with Gasteiger partial charge in [0.15, 0.2) is 29.0 Å². The predicted molar refractivity (Wildman–Crippen MR) is 117 cm³/mol. The molecule has 0 saturated carbocycles. The largest absolute Gasteiger partial charge is 0.494 e. The van der Waals surface area contributed by atoms with Gasteiger partial charge in [-0.05, 0) is 13.0 Å². The van der Waals surface area contributed by atoms with Crippen LogP contribution in [-0.4, -0.2) is 36.2 Å². The maximum atomic E-state index is 14.7. The molecular formula is C22H30F2N4O2. The molecule has 3 aromatic rings. The van der Waals surface area contributed by atoms with Crippen LogP contribution in [0.5, 0.6) is 11.5 Å². The third-order valence-corrected chi connectivity index (χ3v) is 3.75. The molecule has 0 atom stereocenters. The molecule has 0 saturated heterocycles. The number of rotatable bonds is 4. The average molecular weight is 421 g/mol. The molecule has 164 valence electrons. The minimum Gasteiger partial charge on any atom is -0.494 e. The van der Waals surface area contributed by atoms with Crippen LogP contribution < -0.4 is 14.8 Å². The third kappa shape index (κ3) is 5.31. The van der Waals surface area contributed by atoms with Crippen molar-refractivity contribution in [3.63, 3.8) is 0 Å². The van der Waals surface area contributed by atoms with Gasteiger partial charge in [0.2, 0.25) is 0 Å². The maximum absolute atomic E-state index is 14.7. The van der Waals surface area contributed by atoms with Crippen LogP contribution in [0.4, 0.5) is 14.6 Å². The molecule has 0 spiro atoms. The van der Waals surface area contributed by atoms with Crippen molar-refractivity contribution >= 4 is 16.7 Å². The van der Waals surface area contributed by atoms with Gasteiger partial charge in [0, 0.05) is 24.7 Å². The molecule has 1 aromatic carbocycles. The fourth-order valence-corrected chi connectivity index (χ4v) is 2.54. The number of benzene rings is 1. The number of nitrogens with zero attached hydrogens (tertiary/aromatic N) is 3. The van der Waals surface area contributed by atoms with E-state index in [0.29, 0.717) is 22.5 Å². The van der Waals surface area contributed by atoms with E-state index >= 15 is 0 Å². The lowest BCUT2D eigenvalue weighted by Gasteiger charge is -2.14. The number of anilines is 1. The molecule has 2 heterocycles. The molecule has 1 N–H and O–H groups in total. The van der Waals surface area contributed by atoms with Gasteiger partial charge in [0.25, 0.3) is 0 Å². The molecule has 3 rings (SSSR count). The van der Waals surface area contributed by atoms with Gasteiger partial charge in [-0.2, -0.15) is 0 Å². The fraction of sp³-hybridized carbons (Fsp3) is 0.409. The quantitative estimate of drug-likeness (QED) is 0.577. The van der Waals surface area contributed by atoms with E-state index in [1.54, 1.807) is 20.2 Å². The van der Waals surface area contributed by atoms with Gasteiger partial charge >= 0.3 is 0 Å². The van der Waals surface area contributed by atoms with Crippen LogP contribution >= 0.6 is 0 Å². The van der Waals surface area contributed by atoms with Crippen LogP contribution in [0.1, 0.15) is 39.9 Å². The zero-order valence-electron chi connectivity index (χ0n) is 18.9. The van der Waals surface area contributed by atoms with Crippen LogP contribution in [0.15, 0.2) is 18.3 Å². The van der Waals surface area contributed by atoms with E-state index in [-0.39, 0.29) is 22.8 Å². The summed E-state index contributed by atoms with van der Waals surface area (Å²) in [6.07, 6.45) is 2.83. The number of ether oxygens (including phenoxy) is 2. The second kappa shape index (κ2) is 11.8. The van der Waals surface area contributed by atoms with Crippen LogP contribution in [0, 0.1) is 18.6 Å². The first-order chi connectivity index (χ1) is 14.4. The monoisotopic (exact) mass is 420 g/mol. The number of hydrogen-bond donors (Lipinski definition) is 1. The van der Waals surface area contributed by atoms with Gasteiger partial charge < -0.3 is 14.8 Å². The lowest BCUT2D eigenvalue weighted by molar-refractivity contribution is 0.359. The van der Waals surface area contributed by atoms with Gasteiger partial charge in [0.1, 0.15) is 11.3 Å². The summed E-state index contributed by atoms with van der Waals surface area (Å²) in [5.41, 5.74) is 0.307. The molecule has 0 unspecified atom stereocenters. The lowest BCUT2D eigenvalue weighted by Crippen LogP contribution is -2.03. The number of pyridine rings is 1. The maximum Gasteiger partial charge on any atom is 0.177 e. The van der Waals surface area contributed by atoms with Crippen molar-refractivity contribution in [2.75, 3.05) is 26.6 Å². The molecule has 2 aromatic heterocycles. The normalized spacial score (nSPS) is 9.80. The second-order valence-corrected chi connectivity index (χ2v) is 5.95. The third-order valence-electron chi connectivity index (χ3n) is 3.75. The van der Waals surface area contributed by atoms with E-state index in [1.165, 1.54) is 26.7 Å². The number of nitrogens with one attached hydrogen (secondary N) is 1. The van der Waals surface area contributed by atoms with Gasteiger partial charge in [-0.25, -0.2) is 23.7 Å². The molecule has 0 bridgehead atoms. The first kappa shape index (κ1) is 25.0. The standard InChI is InChI=1S/C17H16F2N4O2.C3H8.C2H6/c1-8-21-7-9-5-10(23-17(20-2)16(9)22-8)13-14(18)11(24-3)6-12(25-4)15(13)19;1-3-2;1-2/h5-7H,1-4H3,(H,20,23);3H2,1-2H3;1-2H3. The van der Waals surface area contributed by atoms with Crippen molar-refractivity contribution in [1.29, 1.82) is 0 Å². The summed E-state index contributed by atoms with van der Waals surface area (Å²) in [6.45, 7) is 10.00. The van der Waals surface area contributed by atoms with E-state index in [2.05, 4.69) is 34.1 Å². The highest BCUT2D eigenvalue weighted by Gasteiger charge is 2.23. The number of aryl methyl sites for hydroxylation is 1. The van der Waals surface area contributed by atoms with Gasteiger partial charge in [0.05, 0.1) is 25.5 Å². The average Bonchev–Trinajstić information content (AvgIpc) is 2.75. The lowest BCUT2D eigenvalue weighted by atomic mass is 10.1. The summed E-state index contributed by atoms with van der Waals surface area (Å²) in [5.74, 6) is -1.04. The number of hydrogen-bond acceptors (Lipinski definition) is 6. The van der Waals surface area contributed by atoms with Crippen molar-refractivity contribution in [3.05, 3.63) is 35.8 Å². The summed E-state index contributed by atoms with van der Waals surface area (Å²) in [4.78, 5) is 12.8. The van der Waals surface area contributed by atoms with Crippen molar-refractivity contribution in [1.82, 2.24) is 15.0 Å². The van der Waals surface area contributed by atoms with E-state index in [4.69, 9.17) is 9.47 Å². The summed E-state index contributed by atoms with van der Waals surface area (Å²) in [6, 6.07) is 2.68. The van der Waals surface area contributed by atoms with E-state index in [0.717, 1.165) is 6.07 Å². The Bertz CT molecular complexity index is 953. The van der Waals surface area contributed by atoms with Crippen molar-refractivity contribution in [3.8, 4) is 22.8 Å². The molecule has 0 radical (unpaired) electrons. The molecular weight excluding hydrogens is 390 g/mol. The first-order valence-electron chi connectivity index (χ1n) is 9.84. The zero-order chi connectivity index (χ0) is 22.8. The Balaban J connectivity index is 0.000000826. The Hall–Kier alpha value is -3.03. The summed E-state index contributed by atoms with van der Waals surface area (Å²) in [7, 11) is 4.24. The minimum atomic E-state index is -0.859. The first-order valence-corrected chi connectivity index (χ1v) is 9.84. The molecule has 0 aliphatic carbocycles. The Morgan fingerprint density at radius 3 is 1.97 bits per heavy atom. The molecule has 0 amide bonds. The Kier molecular flexibility index (Phi) is 9.88. The number of fused-ring (bicyclic) bond motifs is 1. The molecule has 0 fully saturated rings. The van der Waals surface area contributed by atoms with Crippen LogP contribution in [0.2, 0.25) is 0 Å². The topological polar surface area (TPSA) is 69.2 Å². The Labute approximate surface area is 176 Å². The highest BCUT2D eigenvalue weighted by molar-refractivity contribution is 5.91. The summed E-state index contributed by atoms with van der Waals surface area (Å²) < 4.78 is 39.4. The van der Waals surface area contributed by atoms with E-state index in [9.17, 15) is 8.78 Å². The van der Waals surface area contributed by atoms with Crippen molar-refractivity contribution < 1.29 is 18.3 Å². The molecule has 8 heteroatoms. The molecule has 6 nitrogen and oxygen atoms in total. The van der Waals surface area contributed by atoms with Gasteiger partial charge in [-0.3, -0.25) is 0 Å². The number of methoxy groups -OCH3 is 2. The SMILES string of the molecule is CC.CCC.CNc1nc(-c2c(F)c(OC)cc(OC)c2F)cc2cnc(C)nc12. The summed E-state index contributed by atoms with van der Waals surface area (Å²) >= 11 is 0. The highest BCUT2D eigenvalue weighted by atomic mass is 19.1. The van der Waals surface area contributed by atoms with E-state index in [1.807, 2.05) is 13.8 Å². The predicted octanol–water partition coefficient (Wildman–Crippen LogP) is 5.78. The van der Waals surface area contributed by atoms with Gasteiger partial charge in [-0.15, -0.1) is 0 Å². The second-order valence-electron chi connectivity index (χ2n) is 5.95. The van der Waals surface area contributed by atoms with Crippen LogP contribution in [-0.2, 0) is 0 Å². The minimum absolute atomic E-state index is 0.0801. The molecule has 30 heavy (non-hydrogen) atoms. The van der Waals surface area contributed by atoms with Crippen molar-refractivity contribution in [2.45, 2.75) is 41.0 Å². The molecule has 0 aliphatic heterocycles.